The van der Waals surface area contributed by atoms with Gasteiger partial charge >= 0.3 is 15.6 Å². The van der Waals surface area contributed by atoms with E-state index >= 15 is 0 Å². The predicted octanol–water partition coefficient (Wildman–Crippen LogP) is 0.894. The smallest absolute Gasteiger partial charge is 0.525 e. The lowest BCUT2D eigenvalue weighted by Gasteiger charge is -2.25. The van der Waals surface area contributed by atoms with Crippen molar-refractivity contribution in [2.24, 2.45) is 0 Å². The quantitative estimate of drug-likeness (QED) is 0.546. The molecule has 0 aromatic carbocycles. The summed E-state index contributed by atoms with van der Waals surface area (Å²) in [4.78, 5) is 10.6. The van der Waals surface area contributed by atoms with Crippen LogP contribution in [0.15, 0.2) is 0 Å². The van der Waals surface area contributed by atoms with Crippen LogP contribution in [0.3, 0.4) is 0 Å². The zero-order valence-corrected chi connectivity index (χ0v) is 8.26. The fraction of sp³-hybridized carbons (Fsp3) is 0.800. The zero-order valence-electron chi connectivity index (χ0n) is 7.44. The lowest BCUT2D eigenvalue weighted by Crippen LogP contribution is -2.34. The van der Waals surface area contributed by atoms with Crippen LogP contribution in [0.1, 0.15) is 19.8 Å². The highest BCUT2D eigenvalue weighted by Gasteiger charge is 2.48. The Morgan fingerprint density at radius 3 is 2.27 bits per heavy atom. The SMILES string of the molecule is CCCC(=O)N([O-])OS(=O)(=O)C(F)(F)F. The summed E-state index contributed by atoms with van der Waals surface area (Å²) in [6.07, 6.45) is -0.232. The second-order valence-corrected chi connectivity index (χ2v) is 3.90. The van der Waals surface area contributed by atoms with Crippen molar-refractivity contribution in [3.63, 3.8) is 0 Å². The Balaban J connectivity index is 4.56. The number of hydrogen-bond donors (Lipinski definition) is 0. The van der Waals surface area contributed by atoms with Gasteiger partial charge in [0.15, 0.2) is 0 Å². The van der Waals surface area contributed by atoms with Crippen molar-refractivity contribution in [2.75, 3.05) is 0 Å². The van der Waals surface area contributed by atoms with Gasteiger partial charge in [0.1, 0.15) is 0 Å². The number of nitrogens with zero attached hydrogens (tertiary/aromatic N) is 1. The van der Waals surface area contributed by atoms with E-state index in [0.717, 1.165) is 0 Å². The van der Waals surface area contributed by atoms with Crippen LogP contribution >= 0.6 is 0 Å². The second kappa shape index (κ2) is 4.77. The maximum absolute atomic E-state index is 11.7. The molecular formula is C5H7F3NO5S-. The molecule has 0 aliphatic heterocycles. The molecule has 10 heteroatoms. The number of halogens is 3. The lowest BCUT2D eigenvalue weighted by atomic mass is 10.3. The third kappa shape index (κ3) is 4.01. The van der Waals surface area contributed by atoms with Crippen molar-refractivity contribution in [2.45, 2.75) is 25.3 Å². The largest absolute Gasteiger partial charge is 0.730 e. The topological polar surface area (TPSA) is 86.7 Å². The minimum absolute atomic E-state index is 0.174. The minimum Gasteiger partial charge on any atom is -0.730 e. The van der Waals surface area contributed by atoms with E-state index in [1.165, 1.54) is 6.92 Å². The summed E-state index contributed by atoms with van der Waals surface area (Å²) in [5.41, 5.74) is -5.73. The lowest BCUT2D eigenvalue weighted by molar-refractivity contribution is -0.151. The number of hydrogen-bond acceptors (Lipinski definition) is 5. The Bertz CT molecular complexity index is 324. The molecule has 15 heavy (non-hydrogen) atoms. The molecule has 0 aliphatic rings. The van der Waals surface area contributed by atoms with Crippen LogP contribution in [-0.4, -0.2) is 25.1 Å². The molecule has 90 valence electrons. The van der Waals surface area contributed by atoms with E-state index in [9.17, 15) is 31.6 Å². The van der Waals surface area contributed by atoms with Gasteiger partial charge in [-0.05, 0) is 6.42 Å². The number of carbonyl (C=O) groups is 1. The molecule has 0 atom stereocenters. The Kier molecular flexibility index (Phi) is 4.49. The van der Waals surface area contributed by atoms with Gasteiger partial charge in [0.05, 0.1) is 0 Å². The first-order chi connectivity index (χ1) is 6.62. The van der Waals surface area contributed by atoms with Crippen molar-refractivity contribution in [1.29, 1.82) is 0 Å². The van der Waals surface area contributed by atoms with Crippen molar-refractivity contribution in [3.8, 4) is 0 Å². The molecule has 0 heterocycles. The molecule has 0 aromatic heterocycles. The molecule has 0 aromatic rings. The number of rotatable bonds is 4. The standard InChI is InChI=1S/C5H7F3NO5S/c1-2-3-4(10)9(11)14-15(12,13)5(6,7)8/h2-3H2,1H3/q-1. The fourth-order valence-electron chi connectivity index (χ4n) is 0.478. The molecule has 0 N–H and O–H groups in total. The minimum atomic E-state index is -6.07. The molecule has 0 bridgehead atoms. The molecule has 0 spiro atoms. The molecular weight excluding hydrogens is 243 g/mol. The maximum atomic E-state index is 11.7. The van der Waals surface area contributed by atoms with Crippen LogP contribution < -0.4 is 0 Å². The number of hydroxylamine groups is 2. The van der Waals surface area contributed by atoms with Crippen molar-refractivity contribution in [3.05, 3.63) is 5.21 Å². The summed E-state index contributed by atoms with van der Waals surface area (Å²) in [7, 11) is -6.07. The number of amides is 1. The predicted molar refractivity (Wildman–Crippen MR) is 41.2 cm³/mol. The Labute approximate surface area is 83.3 Å². The van der Waals surface area contributed by atoms with Gasteiger partial charge in [-0.15, -0.1) is 4.28 Å². The van der Waals surface area contributed by atoms with E-state index in [-0.39, 0.29) is 6.42 Å². The third-order valence-corrected chi connectivity index (χ3v) is 2.02. The van der Waals surface area contributed by atoms with E-state index < -0.39 is 33.2 Å². The summed E-state index contributed by atoms with van der Waals surface area (Å²) < 4.78 is 58.4. The van der Waals surface area contributed by atoms with E-state index in [2.05, 4.69) is 4.28 Å². The first-order valence-corrected chi connectivity index (χ1v) is 5.03. The van der Waals surface area contributed by atoms with Crippen LogP contribution in [0.4, 0.5) is 13.2 Å². The molecule has 1 amide bonds. The van der Waals surface area contributed by atoms with E-state index in [1.807, 2.05) is 0 Å². The Morgan fingerprint density at radius 2 is 1.93 bits per heavy atom. The average Bonchev–Trinajstić information content (AvgIpc) is 2.01. The highest BCUT2D eigenvalue weighted by molar-refractivity contribution is 7.87. The third-order valence-electron chi connectivity index (χ3n) is 1.12. The first kappa shape index (κ1) is 14.1. The molecule has 6 nitrogen and oxygen atoms in total. The van der Waals surface area contributed by atoms with E-state index in [0.29, 0.717) is 0 Å². The first-order valence-electron chi connectivity index (χ1n) is 3.62. The molecule has 0 saturated heterocycles. The van der Waals surface area contributed by atoms with Gasteiger partial charge in [-0.2, -0.15) is 21.6 Å². The van der Waals surface area contributed by atoms with Gasteiger partial charge in [0, 0.05) is 6.42 Å². The van der Waals surface area contributed by atoms with Crippen molar-refractivity contribution < 1.29 is 30.7 Å². The fourth-order valence-corrected chi connectivity index (χ4v) is 0.824. The number of carbonyl (C=O) groups excluding carboxylic acids is 1. The molecule has 0 fully saturated rings. The van der Waals surface area contributed by atoms with Crippen molar-refractivity contribution >= 4 is 16.0 Å². The normalized spacial score (nSPS) is 12.6. The average molecular weight is 250 g/mol. The summed E-state index contributed by atoms with van der Waals surface area (Å²) in [6.45, 7) is 1.48. The molecule has 0 rings (SSSR count). The van der Waals surface area contributed by atoms with E-state index in [4.69, 9.17) is 0 Å². The van der Waals surface area contributed by atoms with Gasteiger partial charge < -0.3 is 5.21 Å². The monoisotopic (exact) mass is 250 g/mol. The Hall–Kier alpha value is -0.870. The van der Waals surface area contributed by atoms with Crippen LogP contribution in [0.25, 0.3) is 0 Å². The van der Waals surface area contributed by atoms with Gasteiger partial charge in [-0.1, -0.05) is 6.92 Å². The van der Waals surface area contributed by atoms with Crippen molar-refractivity contribution in [1.82, 2.24) is 5.23 Å². The van der Waals surface area contributed by atoms with Gasteiger partial charge in [-0.3, -0.25) is 10.0 Å². The maximum Gasteiger partial charge on any atom is 0.525 e. The highest BCUT2D eigenvalue weighted by Crippen LogP contribution is 2.25. The van der Waals surface area contributed by atoms with Gasteiger partial charge in [0.2, 0.25) is 5.91 Å². The second-order valence-electron chi connectivity index (χ2n) is 2.38. The molecule has 0 radical (unpaired) electrons. The van der Waals surface area contributed by atoms with Crippen LogP contribution in [0.2, 0.25) is 0 Å². The molecule has 0 unspecified atom stereocenters. The zero-order chi connectivity index (χ0) is 12.3. The summed E-state index contributed by atoms with van der Waals surface area (Å²) in [5.74, 6) is -1.40. The van der Waals surface area contributed by atoms with Crippen LogP contribution in [-0.2, 0) is 19.2 Å². The van der Waals surface area contributed by atoms with Gasteiger partial charge in [0.25, 0.3) is 0 Å². The number of alkyl halides is 3. The highest BCUT2D eigenvalue weighted by atomic mass is 32.2. The van der Waals surface area contributed by atoms with Crippen LogP contribution in [0.5, 0.6) is 0 Å². The summed E-state index contributed by atoms with van der Waals surface area (Å²) >= 11 is 0. The van der Waals surface area contributed by atoms with Crippen LogP contribution in [0, 0.1) is 5.21 Å². The van der Waals surface area contributed by atoms with Gasteiger partial charge in [-0.25, -0.2) is 0 Å². The molecule has 0 aliphatic carbocycles. The van der Waals surface area contributed by atoms with E-state index in [1.54, 1.807) is 0 Å². The molecule has 0 saturated carbocycles. The Morgan fingerprint density at radius 1 is 1.47 bits per heavy atom. The summed E-state index contributed by atoms with van der Waals surface area (Å²) in [5, 5.41) is 9.27. The summed E-state index contributed by atoms with van der Waals surface area (Å²) in [6, 6.07) is 0.